The second kappa shape index (κ2) is 4.47. The molecule has 0 bridgehead atoms. The first-order valence-corrected chi connectivity index (χ1v) is 5.56. The molecule has 1 aromatic heterocycles. The molecule has 1 aromatic rings. The van der Waals surface area contributed by atoms with E-state index in [-0.39, 0.29) is 5.69 Å². The lowest BCUT2D eigenvalue weighted by Gasteiger charge is -2.10. The van der Waals surface area contributed by atoms with E-state index < -0.39 is 5.97 Å². The highest BCUT2D eigenvalue weighted by Crippen LogP contribution is 2.30. The molecule has 0 radical (unpaired) electrons. The first kappa shape index (κ1) is 10.2. The minimum atomic E-state index is -0.953. The molecular weight excluding hydrogens is 192 g/mol. The smallest absolute Gasteiger partial charge is 0.356 e. The second-order valence-corrected chi connectivity index (χ2v) is 4.20. The van der Waals surface area contributed by atoms with Crippen molar-refractivity contribution in [3.63, 3.8) is 0 Å². The average molecular weight is 208 g/mol. The van der Waals surface area contributed by atoms with E-state index in [1.165, 1.54) is 25.7 Å². The fourth-order valence-corrected chi connectivity index (χ4v) is 2.25. The van der Waals surface area contributed by atoms with Crippen molar-refractivity contribution >= 4 is 5.97 Å². The summed E-state index contributed by atoms with van der Waals surface area (Å²) in [4.78, 5) is 10.7. The summed E-state index contributed by atoms with van der Waals surface area (Å²) in [5, 5.41) is 15.4. The zero-order valence-corrected chi connectivity index (χ0v) is 8.70. The van der Waals surface area contributed by atoms with Crippen LogP contribution in [0.3, 0.4) is 0 Å². The van der Waals surface area contributed by atoms with Gasteiger partial charge in [-0.15, -0.1) is 0 Å². The number of aromatic amines is 1. The molecular formula is C11H16N2O2. The number of carboxylic acid groups (broad SMARTS) is 1. The predicted octanol–water partition coefficient (Wildman–Crippen LogP) is 2.55. The maximum absolute atomic E-state index is 10.7. The van der Waals surface area contributed by atoms with Crippen molar-refractivity contribution in [3.8, 4) is 0 Å². The summed E-state index contributed by atoms with van der Waals surface area (Å²) in [6, 6.07) is 1.68. The molecule has 0 spiro atoms. The molecule has 1 heterocycles. The number of carbonyl (C=O) groups is 1. The number of H-pyrrole nitrogens is 1. The summed E-state index contributed by atoms with van der Waals surface area (Å²) >= 11 is 0. The number of hydrogen-bond donors (Lipinski definition) is 2. The van der Waals surface area contributed by atoms with Gasteiger partial charge in [-0.05, 0) is 18.9 Å². The van der Waals surface area contributed by atoms with Crippen LogP contribution in [0.25, 0.3) is 0 Å². The zero-order chi connectivity index (χ0) is 10.7. The van der Waals surface area contributed by atoms with Crippen LogP contribution in [-0.4, -0.2) is 21.3 Å². The van der Waals surface area contributed by atoms with Gasteiger partial charge >= 0.3 is 5.97 Å². The minimum Gasteiger partial charge on any atom is -0.476 e. The van der Waals surface area contributed by atoms with Crippen molar-refractivity contribution in [1.82, 2.24) is 10.2 Å². The summed E-state index contributed by atoms with van der Waals surface area (Å²) in [5.74, 6) is -0.473. The molecule has 0 amide bonds. The van der Waals surface area contributed by atoms with E-state index in [1.807, 2.05) is 0 Å². The molecule has 82 valence electrons. The van der Waals surface area contributed by atoms with Gasteiger partial charge in [0.2, 0.25) is 0 Å². The number of nitrogens with zero attached hydrogens (tertiary/aromatic N) is 1. The number of aromatic carboxylic acids is 1. The number of nitrogens with one attached hydrogen (secondary N) is 1. The second-order valence-electron chi connectivity index (χ2n) is 4.20. The molecule has 0 atom stereocenters. The molecule has 0 saturated heterocycles. The lowest BCUT2D eigenvalue weighted by atomic mass is 9.96. The number of carboxylic acids is 1. The van der Waals surface area contributed by atoms with Crippen LogP contribution in [0.5, 0.6) is 0 Å². The van der Waals surface area contributed by atoms with Gasteiger partial charge in [0.1, 0.15) is 0 Å². The summed E-state index contributed by atoms with van der Waals surface area (Å²) < 4.78 is 0. The van der Waals surface area contributed by atoms with E-state index in [4.69, 9.17) is 5.11 Å². The van der Waals surface area contributed by atoms with Gasteiger partial charge in [0.25, 0.3) is 0 Å². The number of rotatable bonds is 2. The largest absolute Gasteiger partial charge is 0.476 e. The molecule has 4 heteroatoms. The van der Waals surface area contributed by atoms with Gasteiger partial charge in [-0.25, -0.2) is 4.79 Å². The topological polar surface area (TPSA) is 66.0 Å². The van der Waals surface area contributed by atoms with E-state index in [1.54, 1.807) is 6.07 Å². The summed E-state index contributed by atoms with van der Waals surface area (Å²) in [6.07, 6.45) is 7.40. The Balaban J connectivity index is 2.10. The van der Waals surface area contributed by atoms with Gasteiger partial charge in [0, 0.05) is 11.6 Å². The Hall–Kier alpha value is -1.32. The Morgan fingerprint density at radius 1 is 1.33 bits per heavy atom. The lowest BCUT2D eigenvalue weighted by Crippen LogP contribution is -1.97. The quantitative estimate of drug-likeness (QED) is 0.734. The fraction of sp³-hybridized carbons (Fsp3) is 0.636. The average Bonchev–Trinajstić information content (AvgIpc) is 2.55. The van der Waals surface area contributed by atoms with Gasteiger partial charge in [-0.1, -0.05) is 25.7 Å². The molecule has 1 aliphatic rings. The molecule has 1 aliphatic carbocycles. The highest BCUT2D eigenvalue weighted by molar-refractivity contribution is 5.85. The first-order chi connectivity index (χ1) is 7.27. The van der Waals surface area contributed by atoms with Crippen molar-refractivity contribution < 1.29 is 9.90 Å². The van der Waals surface area contributed by atoms with Crippen LogP contribution < -0.4 is 0 Å². The van der Waals surface area contributed by atoms with E-state index in [9.17, 15) is 4.79 Å². The Labute approximate surface area is 88.7 Å². The molecule has 4 nitrogen and oxygen atoms in total. The normalized spacial score (nSPS) is 18.7. The number of aromatic nitrogens is 2. The Bertz CT molecular complexity index is 338. The Morgan fingerprint density at radius 3 is 2.53 bits per heavy atom. The van der Waals surface area contributed by atoms with Crippen molar-refractivity contribution in [3.05, 3.63) is 17.5 Å². The highest BCUT2D eigenvalue weighted by atomic mass is 16.4. The standard InChI is InChI=1S/C11H16N2O2/c14-11(15)10-7-9(12-13-10)8-5-3-1-2-4-6-8/h7-8H,1-6H2,(H,12,13)(H,14,15). The number of hydrogen-bond acceptors (Lipinski definition) is 2. The summed E-state index contributed by atoms with van der Waals surface area (Å²) in [7, 11) is 0. The Kier molecular flexibility index (Phi) is 3.04. The molecule has 0 aromatic carbocycles. The monoisotopic (exact) mass is 208 g/mol. The van der Waals surface area contributed by atoms with Crippen LogP contribution in [-0.2, 0) is 0 Å². The molecule has 1 saturated carbocycles. The van der Waals surface area contributed by atoms with Crippen LogP contribution in [0, 0.1) is 0 Å². The fourth-order valence-electron chi connectivity index (χ4n) is 2.25. The van der Waals surface area contributed by atoms with Gasteiger partial charge < -0.3 is 5.11 Å². The third-order valence-electron chi connectivity index (χ3n) is 3.11. The molecule has 2 N–H and O–H groups in total. The third kappa shape index (κ3) is 2.37. The van der Waals surface area contributed by atoms with Crippen molar-refractivity contribution in [2.75, 3.05) is 0 Å². The van der Waals surface area contributed by atoms with Crippen LogP contribution in [0.15, 0.2) is 6.07 Å². The molecule has 0 aliphatic heterocycles. The lowest BCUT2D eigenvalue weighted by molar-refractivity contribution is 0.0690. The van der Waals surface area contributed by atoms with Crippen molar-refractivity contribution in [1.29, 1.82) is 0 Å². The molecule has 0 unspecified atom stereocenters. The van der Waals surface area contributed by atoms with Crippen LogP contribution >= 0.6 is 0 Å². The zero-order valence-electron chi connectivity index (χ0n) is 8.70. The predicted molar refractivity (Wildman–Crippen MR) is 56.0 cm³/mol. The maximum Gasteiger partial charge on any atom is 0.356 e. The van der Waals surface area contributed by atoms with Gasteiger partial charge in [-0.2, -0.15) is 5.10 Å². The van der Waals surface area contributed by atoms with E-state index in [2.05, 4.69) is 10.2 Å². The maximum atomic E-state index is 10.7. The van der Waals surface area contributed by atoms with Gasteiger partial charge in [0.05, 0.1) is 0 Å². The SMILES string of the molecule is O=C(O)c1cc(C2CCCCCC2)[nH]n1. The van der Waals surface area contributed by atoms with Crippen molar-refractivity contribution in [2.24, 2.45) is 0 Å². The van der Waals surface area contributed by atoms with Crippen molar-refractivity contribution in [2.45, 2.75) is 44.4 Å². The van der Waals surface area contributed by atoms with Crippen LogP contribution in [0.2, 0.25) is 0 Å². The molecule has 15 heavy (non-hydrogen) atoms. The minimum absolute atomic E-state index is 0.134. The molecule has 2 rings (SSSR count). The highest BCUT2D eigenvalue weighted by Gasteiger charge is 2.18. The Morgan fingerprint density at radius 2 is 2.00 bits per heavy atom. The van der Waals surface area contributed by atoms with Gasteiger partial charge in [-0.3, -0.25) is 5.10 Å². The summed E-state index contributed by atoms with van der Waals surface area (Å²) in [5.41, 5.74) is 1.13. The first-order valence-electron chi connectivity index (χ1n) is 5.56. The third-order valence-corrected chi connectivity index (χ3v) is 3.11. The van der Waals surface area contributed by atoms with Gasteiger partial charge in [0.15, 0.2) is 5.69 Å². The van der Waals surface area contributed by atoms with Crippen LogP contribution in [0.1, 0.15) is 60.6 Å². The van der Waals surface area contributed by atoms with E-state index >= 15 is 0 Å². The summed E-state index contributed by atoms with van der Waals surface area (Å²) in [6.45, 7) is 0. The van der Waals surface area contributed by atoms with E-state index in [0.717, 1.165) is 18.5 Å². The van der Waals surface area contributed by atoms with Crippen LogP contribution in [0.4, 0.5) is 0 Å². The van der Waals surface area contributed by atoms with E-state index in [0.29, 0.717) is 5.92 Å². The molecule has 1 fully saturated rings.